The van der Waals surface area contributed by atoms with Gasteiger partial charge in [-0.15, -0.1) is 0 Å². The van der Waals surface area contributed by atoms with E-state index in [-0.39, 0.29) is 0 Å². The molecule has 4 aliphatic rings. The fourth-order valence-electron chi connectivity index (χ4n) is 3.31. The summed E-state index contributed by atoms with van der Waals surface area (Å²) < 4.78 is 0. The Hall–Kier alpha value is -0.0800. The van der Waals surface area contributed by atoms with Crippen LogP contribution in [0.15, 0.2) is 0 Å². The fraction of sp³-hybridized carbons (Fsp3) is 1.00. The van der Waals surface area contributed by atoms with E-state index in [1.807, 2.05) is 0 Å². The van der Waals surface area contributed by atoms with Crippen molar-refractivity contribution in [1.82, 2.24) is 5.43 Å². The molecule has 4 atom stereocenters. The van der Waals surface area contributed by atoms with Gasteiger partial charge in [-0.2, -0.15) is 5.43 Å². The van der Waals surface area contributed by atoms with Crippen molar-refractivity contribution in [2.24, 2.45) is 11.8 Å². The Bertz CT molecular complexity index is 135. The van der Waals surface area contributed by atoms with Gasteiger partial charge in [-0.25, -0.2) is 0 Å². The van der Waals surface area contributed by atoms with Gasteiger partial charge in [0.2, 0.25) is 0 Å². The number of quaternary nitrogens is 1. The van der Waals surface area contributed by atoms with E-state index in [9.17, 15) is 0 Å². The molecule has 4 unspecified atom stereocenters. The molecule has 1 aliphatic carbocycles. The number of fused-ring (bicyclic) bond motifs is 1. The van der Waals surface area contributed by atoms with Gasteiger partial charge in [0.15, 0.2) is 0 Å². The molecule has 2 heteroatoms. The van der Waals surface area contributed by atoms with Gasteiger partial charge in [-0.05, 0) is 25.7 Å². The first-order chi connectivity index (χ1) is 5.40. The van der Waals surface area contributed by atoms with Crippen LogP contribution < -0.4 is 10.4 Å². The Morgan fingerprint density at radius 1 is 1.00 bits per heavy atom. The van der Waals surface area contributed by atoms with Crippen molar-refractivity contribution in [3.8, 4) is 0 Å². The molecule has 3 heterocycles. The van der Waals surface area contributed by atoms with Crippen LogP contribution in [0.5, 0.6) is 0 Å². The van der Waals surface area contributed by atoms with Crippen molar-refractivity contribution >= 4 is 0 Å². The second-order valence-corrected chi connectivity index (χ2v) is 4.63. The Morgan fingerprint density at radius 3 is 2.82 bits per heavy atom. The highest BCUT2D eigenvalue weighted by Crippen LogP contribution is 2.30. The van der Waals surface area contributed by atoms with Gasteiger partial charge in [0.1, 0.15) is 0 Å². The van der Waals surface area contributed by atoms with Crippen LogP contribution in [0.2, 0.25) is 0 Å². The van der Waals surface area contributed by atoms with Gasteiger partial charge >= 0.3 is 0 Å². The second kappa shape index (κ2) is 2.20. The molecular formula is C9H17N2+. The average molecular weight is 153 g/mol. The van der Waals surface area contributed by atoms with E-state index in [2.05, 4.69) is 5.43 Å². The summed E-state index contributed by atoms with van der Waals surface area (Å²) in [5.74, 6) is 2.13. The molecule has 4 rings (SSSR count). The van der Waals surface area contributed by atoms with E-state index in [4.69, 9.17) is 0 Å². The molecule has 0 spiro atoms. The first-order valence-corrected chi connectivity index (χ1v) is 5.01. The highest BCUT2D eigenvalue weighted by atomic mass is 15.5. The van der Waals surface area contributed by atoms with Gasteiger partial charge in [0.05, 0.1) is 19.1 Å². The molecule has 0 radical (unpaired) electrons. The molecule has 4 bridgehead atoms. The Balaban J connectivity index is 1.90. The number of hydrogen-bond donors (Lipinski definition) is 2. The standard InChI is InChI=1S/C9H16N2/c1-2-9-4-8-3-7(1)5-11(6-8)10-9/h7-10H,1-6H2/p+1. The van der Waals surface area contributed by atoms with Gasteiger partial charge in [0, 0.05) is 11.8 Å². The molecule has 0 aromatic carbocycles. The zero-order valence-electron chi connectivity index (χ0n) is 6.97. The maximum Gasteiger partial charge on any atom is 0.0975 e. The third kappa shape index (κ3) is 1.00. The lowest BCUT2D eigenvalue weighted by Gasteiger charge is -2.38. The van der Waals surface area contributed by atoms with Crippen LogP contribution in [0.25, 0.3) is 0 Å². The van der Waals surface area contributed by atoms with Crippen LogP contribution in [0.1, 0.15) is 25.7 Å². The van der Waals surface area contributed by atoms with Crippen LogP contribution in [0, 0.1) is 11.8 Å². The quantitative estimate of drug-likeness (QED) is 0.483. The molecule has 0 aromatic rings. The van der Waals surface area contributed by atoms with Crippen molar-refractivity contribution in [2.45, 2.75) is 31.7 Å². The maximum absolute atomic E-state index is 3.69. The molecule has 0 aromatic heterocycles. The third-order valence-corrected chi connectivity index (χ3v) is 3.69. The Labute approximate surface area is 67.9 Å². The topological polar surface area (TPSA) is 16.5 Å². The van der Waals surface area contributed by atoms with E-state index in [1.54, 1.807) is 11.4 Å². The molecular weight excluding hydrogens is 136 g/mol. The number of hydrogen-bond acceptors (Lipinski definition) is 1. The Kier molecular flexibility index (Phi) is 1.29. The summed E-state index contributed by atoms with van der Waals surface area (Å²) in [5, 5.41) is 1.69. The van der Waals surface area contributed by atoms with Crippen molar-refractivity contribution in [3.05, 3.63) is 0 Å². The van der Waals surface area contributed by atoms with Gasteiger partial charge < -0.3 is 0 Å². The Morgan fingerprint density at radius 2 is 1.91 bits per heavy atom. The zero-order chi connectivity index (χ0) is 7.26. The first kappa shape index (κ1) is 6.44. The SMILES string of the molecule is C1CC2CC3CC1C[NH+](C3)N2. The smallest absolute Gasteiger partial charge is 0.0975 e. The van der Waals surface area contributed by atoms with Crippen molar-refractivity contribution in [3.63, 3.8) is 0 Å². The largest absolute Gasteiger partial charge is 0.257 e. The van der Waals surface area contributed by atoms with E-state index >= 15 is 0 Å². The van der Waals surface area contributed by atoms with Gasteiger partial charge in [0.25, 0.3) is 0 Å². The minimum Gasteiger partial charge on any atom is -0.257 e. The normalized spacial score (nSPS) is 54.5. The predicted molar refractivity (Wildman–Crippen MR) is 43.1 cm³/mol. The maximum atomic E-state index is 3.69. The summed E-state index contributed by atoms with van der Waals surface area (Å²) in [6.07, 6.45) is 5.96. The molecule has 2 N–H and O–H groups in total. The molecule has 3 aliphatic heterocycles. The van der Waals surface area contributed by atoms with Gasteiger partial charge in [-0.1, -0.05) is 0 Å². The molecule has 4 fully saturated rings. The number of rotatable bonds is 0. The minimum absolute atomic E-state index is 0.872. The summed E-state index contributed by atoms with van der Waals surface area (Å²) in [6.45, 7) is 2.82. The molecule has 1 saturated carbocycles. The fourth-order valence-corrected chi connectivity index (χ4v) is 3.31. The van der Waals surface area contributed by atoms with Gasteiger partial charge in [-0.3, -0.25) is 5.01 Å². The first-order valence-electron chi connectivity index (χ1n) is 5.01. The second-order valence-electron chi connectivity index (χ2n) is 4.63. The van der Waals surface area contributed by atoms with Crippen molar-refractivity contribution < 1.29 is 5.01 Å². The summed E-state index contributed by atoms with van der Waals surface area (Å²) in [6, 6.07) is 0.872. The zero-order valence-corrected chi connectivity index (χ0v) is 6.97. The van der Waals surface area contributed by atoms with E-state index in [1.165, 1.54) is 32.4 Å². The van der Waals surface area contributed by atoms with Crippen LogP contribution in [-0.2, 0) is 0 Å². The average Bonchev–Trinajstić information content (AvgIpc) is 2.18. The number of piperidine rings is 1. The molecule has 3 saturated heterocycles. The number of nitrogens with one attached hydrogen (secondary N) is 2. The van der Waals surface area contributed by atoms with Crippen LogP contribution in [0.4, 0.5) is 0 Å². The summed E-state index contributed by atoms with van der Waals surface area (Å²) in [5.41, 5.74) is 3.69. The highest BCUT2D eigenvalue weighted by Gasteiger charge is 2.40. The molecule has 2 nitrogen and oxygen atoms in total. The lowest BCUT2D eigenvalue weighted by Crippen LogP contribution is -3.22. The molecule has 11 heavy (non-hydrogen) atoms. The predicted octanol–water partition coefficient (Wildman–Crippen LogP) is -0.422. The lowest BCUT2D eigenvalue weighted by molar-refractivity contribution is -0.963. The van der Waals surface area contributed by atoms with Crippen LogP contribution >= 0.6 is 0 Å². The van der Waals surface area contributed by atoms with Crippen LogP contribution in [-0.4, -0.2) is 19.1 Å². The third-order valence-electron chi connectivity index (χ3n) is 3.69. The van der Waals surface area contributed by atoms with Crippen LogP contribution in [0.3, 0.4) is 0 Å². The molecule has 0 amide bonds. The summed E-state index contributed by atoms with van der Waals surface area (Å²) >= 11 is 0. The summed E-state index contributed by atoms with van der Waals surface area (Å²) in [7, 11) is 0. The van der Waals surface area contributed by atoms with E-state index in [0.29, 0.717) is 0 Å². The lowest BCUT2D eigenvalue weighted by atomic mass is 9.88. The summed E-state index contributed by atoms with van der Waals surface area (Å²) in [4.78, 5) is 0. The van der Waals surface area contributed by atoms with E-state index < -0.39 is 0 Å². The minimum atomic E-state index is 0.872. The van der Waals surface area contributed by atoms with E-state index in [0.717, 1.165) is 17.9 Å². The van der Waals surface area contributed by atoms with Crippen molar-refractivity contribution in [2.75, 3.05) is 13.1 Å². The van der Waals surface area contributed by atoms with Crippen molar-refractivity contribution in [1.29, 1.82) is 0 Å². The highest BCUT2D eigenvalue weighted by molar-refractivity contribution is 4.82. The monoisotopic (exact) mass is 153 g/mol. The molecule has 62 valence electrons.